The molecule has 3 rings (SSSR count). The van der Waals surface area contributed by atoms with Crippen LogP contribution in [-0.4, -0.2) is 15.1 Å². The topological polar surface area (TPSA) is 77.8 Å². The summed E-state index contributed by atoms with van der Waals surface area (Å²) in [6.45, 7) is 0. The average molecular weight is 302 g/mol. The van der Waals surface area contributed by atoms with Crippen molar-refractivity contribution in [1.29, 1.82) is 0 Å². The van der Waals surface area contributed by atoms with Crippen LogP contribution >= 0.6 is 11.8 Å². The molecule has 0 radical (unpaired) electrons. The Morgan fingerprint density at radius 3 is 2.90 bits per heavy atom. The summed E-state index contributed by atoms with van der Waals surface area (Å²) in [7, 11) is 0. The van der Waals surface area contributed by atoms with Crippen LogP contribution in [0.3, 0.4) is 0 Å². The zero-order chi connectivity index (χ0) is 14.7. The molecule has 0 atom stereocenters. The molecule has 3 aromatic rings. The summed E-state index contributed by atoms with van der Waals surface area (Å²) in [5, 5.41) is 3.87. The number of thioether (sulfide) groups is 1. The van der Waals surface area contributed by atoms with Gasteiger partial charge in [-0.05, 0) is 18.2 Å². The number of nitrogens with zero attached hydrogens (tertiary/aromatic N) is 3. The summed E-state index contributed by atoms with van der Waals surface area (Å²) in [6, 6.07) is 8.27. The normalized spacial score (nSPS) is 10.7. The molecule has 2 heterocycles. The van der Waals surface area contributed by atoms with E-state index in [0.29, 0.717) is 33.6 Å². The molecule has 0 unspecified atom stereocenters. The molecule has 0 spiro atoms. The van der Waals surface area contributed by atoms with Gasteiger partial charge in [-0.2, -0.15) is 4.98 Å². The Kier molecular flexibility index (Phi) is 3.83. The van der Waals surface area contributed by atoms with Crippen molar-refractivity contribution in [3.8, 4) is 11.5 Å². The second-order valence-electron chi connectivity index (χ2n) is 4.24. The van der Waals surface area contributed by atoms with Crippen molar-refractivity contribution in [2.75, 3.05) is 5.73 Å². The molecule has 5 nitrogen and oxygen atoms in total. The number of rotatable bonds is 4. The second-order valence-corrected chi connectivity index (χ2v) is 5.26. The van der Waals surface area contributed by atoms with E-state index in [9.17, 15) is 4.39 Å². The quantitative estimate of drug-likeness (QED) is 0.746. The number of aromatic nitrogens is 3. The molecular weight excluding hydrogens is 291 g/mol. The first-order valence-electron chi connectivity index (χ1n) is 6.13. The molecule has 0 bridgehead atoms. The molecule has 0 aliphatic rings. The first-order valence-corrected chi connectivity index (χ1v) is 7.12. The number of anilines is 1. The largest absolute Gasteiger partial charge is 0.397 e. The third kappa shape index (κ3) is 3.19. The van der Waals surface area contributed by atoms with Gasteiger partial charge in [0, 0.05) is 17.3 Å². The van der Waals surface area contributed by atoms with Crippen LogP contribution < -0.4 is 5.73 Å². The zero-order valence-electron chi connectivity index (χ0n) is 10.9. The minimum atomic E-state index is -0.258. The standard InChI is InChI=1S/C14H11FN4OS/c15-11-3-1-2-4-12(11)21-8-13-18-14(20-19-13)9-5-10(16)7-17-6-9/h1-7H,8,16H2. The Morgan fingerprint density at radius 1 is 1.24 bits per heavy atom. The molecule has 0 saturated carbocycles. The first-order chi connectivity index (χ1) is 10.2. The van der Waals surface area contributed by atoms with E-state index in [2.05, 4.69) is 15.1 Å². The predicted octanol–water partition coefficient (Wildman–Crippen LogP) is 3.15. The van der Waals surface area contributed by atoms with E-state index in [4.69, 9.17) is 10.3 Å². The van der Waals surface area contributed by atoms with Gasteiger partial charge in [-0.25, -0.2) is 4.39 Å². The van der Waals surface area contributed by atoms with Crippen LogP contribution in [0.4, 0.5) is 10.1 Å². The number of benzene rings is 1. The van der Waals surface area contributed by atoms with Gasteiger partial charge in [0.05, 0.1) is 17.0 Å². The van der Waals surface area contributed by atoms with E-state index in [1.54, 1.807) is 30.5 Å². The predicted molar refractivity (Wildman–Crippen MR) is 77.9 cm³/mol. The molecule has 2 N–H and O–H groups in total. The van der Waals surface area contributed by atoms with Crippen LogP contribution in [0.2, 0.25) is 0 Å². The van der Waals surface area contributed by atoms with E-state index < -0.39 is 0 Å². The third-order valence-corrected chi connectivity index (χ3v) is 3.71. The van der Waals surface area contributed by atoms with Crippen molar-refractivity contribution in [2.24, 2.45) is 0 Å². The van der Waals surface area contributed by atoms with E-state index in [-0.39, 0.29) is 5.82 Å². The maximum atomic E-state index is 13.5. The fourth-order valence-corrected chi connectivity index (χ4v) is 2.49. The van der Waals surface area contributed by atoms with Gasteiger partial charge in [-0.3, -0.25) is 4.98 Å². The maximum absolute atomic E-state index is 13.5. The van der Waals surface area contributed by atoms with Crippen LogP contribution in [0.1, 0.15) is 5.82 Å². The fraction of sp³-hybridized carbons (Fsp3) is 0.0714. The van der Waals surface area contributed by atoms with Gasteiger partial charge >= 0.3 is 0 Å². The van der Waals surface area contributed by atoms with Gasteiger partial charge in [0.2, 0.25) is 0 Å². The van der Waals surface area contributed by atoms with Crippen LogP contribution in [0.15, 0.2) is 52.1 Å². The lowest BCUT2D eigenvalue weighted by atomic mass is 10.2. The Hall–Kier alpha value is -2.41. The van der Waals surface area contributed by atoms with E-state index >= 15 is 0 Å². The minimum absolute atomic E-state index is 0.258. The molecule has 2 aromatic heterocycles. The summed E-state index contributed by atoms with van der Waals surface area (Å²) < 4.78 is 18.7. The van der Waals surface area contributed by atoms with Crippen molar-refractivity contribution in [2.45, 2.75) is 10.6 Å². The number of nitrogens with two attached hydrogens (primary N) is 1. The van der Waals surface area contributed by atoms with Crippen molar-refractivity contribution in [3.05, 3.63) is 54.4 Å². The Labute approximate surface area is 124 Å². The van der Waals surface area contributed by atoms with E-state index in [0.717, 1.165) is 0 Å². The molecule has 0 amide bonds. The van der Waals surface area contributed by atoms with Crippen LogP contribution in [-0.2, 0) is 5.75 Å². The Balaban J connectivity index is 1.72. The lowest BCUT2D eigenvalue weighted by Gasteiger charge is -1.99. The second kappa shape index (κ2) is 5.92. The van der Waals surface area contributed by atoms with Gasteiger partial charge in [0.25, 0.3) is 5.89 Å². The van der Waals surface area contributed by atoms with Crippen molar-refractivity contribution >= 4 is 17.4 Å². The summed E-state index contributed by atoms with van der Waals surface area (Å²) in [6.07, 6.45) is 3.13. The summed E-state index contributed by atoms with van der Waals surface area (Å²) >= 11 is 1.31. The van der Waals surface area contributed by atoms with Crippen LogP contribution in [0.25, 0.3) is 11.5 Å². The number of hydrogen-bond donors (Lipinski definition) is 1. The van der Waals surface area contributed by atoms with Gasteiger partial charge in [0.15, 0.2) is 5.82 Å². The number of pyridine rings is 1. The van der Waals surface area contributed by atoms with Crippen molar-refractivity contribution in [1.82, 2.24) is 15.1 Å². The third-order valence-electron chi connectivity index (χ3n) is 2.67. The number of nitrogen functional groups attached to an aromatic ring is 1. The SMILES string of the molecule is Nc1cncc(-c2nc(CSc3ccccc3F)no2)c1. The monoisotopic (exact) mass is 302 g/mol. The Morgan fingerprint density at radius 2 is 2.10 bits per heavy atom. The highest BCUT2D eigenvalue weighted by atomic mass is 32.2. The molecule has 0 saturated heterocycles. The van der Waals surface area contributed by atoms with E-state index in [1.165, 1.54) is 24.0 Å². The highest BCUT2D eigenvalue weighted by molar-refractivity contribution is 7.98. The fourth-order valence-electron chi connectivity index (χ4n) is 1.71. The van der Waals surface area contributed by atoms with Crippen molar-refractivity contribution in [3.63, 3.8) is 0 Å². The highest BCUT2D eigenvalue weighted by Crippen LogP contribution is 2.25. The molecule has 0 aliphatic heterocycles. The smallest absolute Gasteiger partial charge is 0.259 e. The summed E-state index contributed by atoms with van der Waals surface area (Å²) in [4.78, 5) is 8.77. The zero-order valence-corrected chi connectivity index (χ0v) is 11.7. The lowest BCUT2D eigenvalue weighted by molar-refractivity contribution is 0.425. The summed E-state index contributed by atoms with van der Waals surface area (Å²) in [5.41, 5.74) is 6.83. The first kappa shape index (κ1) is 13.6. The van der Waals surface area contributed by atoms with E-state index in [1.807, 2.05) is 0 Å². The maximum Gasteiger partial charge on any atom is 0.259 e. The van der Waals surface area contributed by atoms with Crippen LogP contribution in [0, 0.1) is 5.82 Å². The molecule has 1 aromatic carbocycles. The Bertz CT molecular complexity index is 762. The van der Waals surface area contributed by atoms with Crippen molar-refractivity contribution < 1.29 is 8.91 Å². The molecular formula is C14H11FN4OS. The highest BCUT2D eigenvalue weighted by Gasteiger charge is 2.10. The van der Waals surface area contributed by atoms with Gasteiger partial charge in [0.1, 0.15) is 5.82 Å². The molecule has 106 valence electrons. The minimum Gasteiger partial charge on any atom is -0.397 e. The van der Waals surface area contributed by atoms with Crippen LogP contribution in [0.5, 0.6) is 0 Å². The average Bonchev–Trinajstić information content (AvgIpc) is 2.95. The molecule has 21 heavy (non-hydrogen) atoms. The lowest BCUT2D eigenvalue weighted by Crippen LogP contribution is -1.88. The molecule has 7 heteroatoms. The number of hydrogen-bond acceptors (Lipinski definition) is 6. The molecule has 0 fully saturated rings. The summed E-state index contributed by atoms with van der Waals surface area (Å²) in [5.74, 6) is 0.992. The molecule has 0 aliphatic carbocycles. The van der Waals surface area contributed by atoms with Gasteiger partial charge in [-0.1, -0.05) is 17.3 Å². The van der Waals surface area contributed by atoms with Gasteiger partial charge in [-0.15, -0.1) is 11.8 Å². The number of halogens is 1. The van der Waals surface area contributed by atoms with Gasteiger partial charge < -0.3 is 10.3 Å².